The van der Waals surface area contributed by atoms with Crippen molar-refractivity contribution >= 4 is 10.8 Å². The summed E-state index contributed by atoms with van der Waals surface area (Å²) in [5, 5.41) is 10.0. The Labute approximate surface area is 133 Å². The quantitative estimate of drug-likeness (QED) is 0.896. The van der Waals surface area contributed by atoms with E-state index in [1.165, 1.54) is 48.4 Å². The van der Waals surface area contributed by atoms with Gasteiger partial charge in [-0.2, -0.15) is 0 Å². The molecule has 22 heavy (non-hydrogen) atoms. The fraction of sp³-hybridized carbons (Fsp3) is 0.500. The molecule has 2 aromatic rings. The molecule has 0 heterocycles. The second kappa shape index (κ2) is 6.02. The number of fused-ring (bicyclic) bond motifs is 1. The van der Waals surface area contributed by atoms with Gasteiger partial charge in [-0.1, -0.05) is 42.5 Å². The molecule has 0 radical (unpaired) electrons. The lowest BCUT2D eigenvalue weighted by Gasteiger charge is -2.29. The standard InChI is InChI=1S/C20H26N2/c1-21-17-8-10-18(11-9-17)22-20-13-19(20)16-7-6-14-4-2-3-5-15(14)12-16/h2-7,12,17-22H,8-11,13H2,1H3/t17?,18?,19-,20?/m0/s1. The second-order valence-corrected chi connectivity index (χ2v) is 7.06. The van der Waals surface area contributed by atoms with Crippen molar-refractivity contribution in [2.75, 3.05) is 7.05 Å². The third-order valence-corrected chi connectivity index (χ3v) is 5.58. The van der Waals surface area contributed by atoms with Gasteiger partial charge in [-0.25, -0.2) is 0 Å². The largest absolute Gasteiger partial charge is 0.317 e. The van der Waals surface area contributed by atoms with Gasteiger partial charge in [0.05, 0.1) is 0 Å². The summed E-state index contributed by atoms with van der Waals surface area (Å²) in [4.78, 5) is 0. The molecule has 2 saturated carbocycles. The van der Waals surface area contributed by atoms with E-state index in [9.17, 15) is 0 Å². The Balaban J connectivity index is 1.37. The van der Waals surface area contributed by atoms with E-state index in [1.54, 1.807) is 0 Å². The molecule has 2 fully saturated rings. The van der Waals surface area contributed by atoms with Crippen LogP contribution in [0.1, 0.15) is 43.6 Å². The second-order valence-electron chi connectivity index (χ2n) is 7.06. The number of hydrogen-bond donors (Lipinski definition) is 2. The summed E-state index contributed by atoms with van der Waals surface area (Å²) in [6.07, 6.45) is 6.60. The number of hydrogen-bond acceptors (Lipinski definition) is 2. The Morgan fingerprint density at radius 2 is 1.59 bits per heavy atom. The lowest BCUT2D eigenvalue weighted by molar-refractivity contribution is 0.315. The zero-order chi connectivity index (χ0) is 14.9. The third kappa shape index (κ3) is 2.90. The Kier molecular flexibility index (Phi) is 3.89. The molecule has 2 N–H and O–H groups in total. The molecule has 2 nitrogen and oxygen atoms in total. The van der Waals surface area contributed by atoms with E-state index in [4.69, 9.17) is 0 Å². The maximum atomic E-state index is 3.91. The monoisotopic (exact) mass is 294 g/mol. The summed E-state index contributed by atoms with van der Waals surface area (Å²) in [6.45, 7) is 0. The fourth-order valence-electron chi connectivity index (χ4n) is 4.04. The minimum absolute atomic E-state index is 0.706. The molecule has 2 heteroatoms. The van der Waals surface area contributed by atoms with Gasteiger partial charge in [-0.3, -0.25) is 0 Å². The molecule has 0 bridgehead atoms. The zero-order valence-corrected chi connectivity index (χ0v) is 13.4. The van der Waals surface area contributed by atoms with Gasteiger partial charge in [0.25, 0.3) is 0 Å². The molecule has 2 aliphatic carbocycles. The van der Waals surface area contributed by atoms with Gasteiger partial charge in [0.15, 0.2) is 0 Å². The Bertz CT molecular complexity index is 643. The van der Waals surface area contributed by atoms with Crippen molar-refractivity contribution in [3.63, 3.8) is 0 Å². The number of rotatable bonds is 4. The van der Waals surface area contributed by atoms with E-state index in [0.29, 0.717) is 6.04 Å². The first-order valence-corrected chi connectivity index (χ1v) is 8.75. The van der Waals surface area contributed by atoms with Crippen LogP contribution in [0.15, 0.2) is 42.5 Å². The molecule has 0 amide bonds. The SMILES string of the molecule is CNC1CCC(NC2C[C@H]2c2ccc3ccccc3c2)CC1. The highest BCUT2D eigenvalue weighted by atomic mass is 15.0. The molecular formula is C20H26N2. The Morgan fingerprint density at radius 3 is 2.36 bits per heavy atom. The predicted octanol–water partition coefficient (Wildman–Crippen LogP) is 3.82. The average molecular weight is 294 g/mol. The molecule has 4 rings (SSSR count). The van der Waals surface area contributed by atoms with Crippen molar-refractivity contribution in [2.24, 2.45) is 0 Å². The number of benzene rings is 2. The molecule has 0 spiro atoms. The Hall–Kier alpha value is -1.38. The maximum absolute atomic E-state index is 3.91. The lowest BCUT2D eigenvalue weighted by atomic mass is 9.91. The van der Waals surface area contributed by atoms with Crippen LogP contribution in [-0.2, 0) is 0 Å². The first-order chi connectivity index (χ1) is 10.8. The molecule has 116 valence electrons. The summed E-state index contributed by atoms with van der Waals surface area (Å²) < 4.78 is 0. The van der Waals surface area contributed by atoms with E-state index in [2.05, 4.69) is 60.1 Å². The average Bonchev–Trinajstić information content (AvgIpc) is 3.34. The molecule has 2 aliphatic rings. The van der Waals surface area contributed by atoms with Crippen molar-refractivity contribution in [3.05, 3.63) is 48.0 Å². The van der Waals surface area contributed by atoms with Gasteiger partial charge in [-0.15, -0.1) is 0 Å². The molecule has 0 aliphatic heterocycles. The van der Waals surface area contributed by atoms with Crippen molar-refractivity contribution < 1.29 is 0 Å². The van der Waals surface area contributed by atoms with Gasteiger partial charge in [0.2, 0.25) is 0 Å². The van der Waals surface area contributed by atoms with E-state index in [1.807, 2.05) is 0 Å². The highest BCUT2D eigenvalue weighted by molar-refractivity contribution is 5.83. The molecule has 1 unspecified atom stereocenters. The molecule has 0 aromatic heterocycles. The van der Waals surface area contributed by atoms with E-state index in [0.717, 1.165) is 18.0 Å². The third-order valence-electron chi connectivity index (χ3n) is 5.58. The smallest absolute Gasteiger partial charge is 0.0145 e. The first kappa shape index (κ1) is 14.2. The first-order valence-electron chi connectivity index (χ1n) is 8.75. The molecular weight excluding hydrogens is 268 g/mol. The van der Waals surface area contributed by atoms with Gasteiger partial charge >= 0.3 is 0 Å². The van der Waals surface area contributed by atoms with Crippen molar-refractivity contribution in [3.8, 4) is 0 Å². The van der Waals surface area contributed by atoms with Crippen molar-refractivity contribution in [2.45, 2.75) is 56.1 Å². The topological polar surface area (TPSA) is 24.1 Å². The van der Waals surface area contributed by atoms with Gasteiger partial charge in [0, 0.05) is 24.0 Å². The van der Waals surface area contributed by atoms with Gasteiger partial charge in [-0.05, 0) is 55.5 Å². The maximum Gasteiger partial charge on any atom is 0.0145 e. The predicted molar refractivity (Wildman–Crippen MR) is 93.3 cm³/mol. The molecule has 2 atom stereocenters. The van der Waals surface area contributed by atoms with E-state index >= 15 is 0 Å². The van der Waals surface area contributed by atoms with Crippen LogP contribution in [0.3, 0.4) is 0 Å². The van der Waals surface area contributed by atoms with Crippen LogP contribution in [0.5, 0.6) is 0 Å². The van der Waals surface area contributed by atoms with Crippen molar-refractivity contribution in [1.29, 1.82) is 0 Å². The summed E-state index contributed by atoms with van der Waals surface area (Å²) in [6, 6.07) is 17.8. The summed E-state index contributed by atoms with van der Waals surface area (Å²) in [5.74, 6) is 0.728. The molecule has 2 aromatic carbocycles. The highest BCUT2D eigenvalue weighted by Crippen LogP contribution is 2.42. The summed E-state index contributed by atoms with van der Waals surface area (Å²) >= 11 is 0. The van der Waals surface area contributed by atoms with Crippen LogP contribution in [0.4, 0.5) is 0 Å². The number of nitrogens with one attached hydrogen (secondary N) is 2. The van der Waals surface area contributed by atoms with Crippen LogP contribution < -0.4 is 10.6 Å². The minimum atomic E-state index is 0.706. The normalized spacial score (nSPS) is 31.3. The Morgan fingerprint density at radius 1 is 0.864 bits per heavy atom. The van der Waals surface area contributed by atoms with E-state index < -0.39 is 0 Å². The van der Waals surface area contributed by atoms with Crippen LogP contribution in [0, 0.1) is 0 Å². The van der Waals surface area contributed by atoms with Crippen LogP contribution >= 0.6 is 0 Å². The highest BCUT2D eigenvalue weighted by Gasteiger charge is 2.39. The van der Waals surface area contributed by atoms with Crippen LogP contribution in [-0.4, -0.2) is 25.2 Å². The zero-order valence-electron chi connectivity index (χ0n) is 13.4. The lowest BCUT2D eigenvalue weighted by Crippen LogP contribution is -2.39. The minimum Gasteiger partial charge on any atom is -0.317 e. The van der Waals surface area contributed by atoms with Gasteiger partial charge in [0.1, 0.15) is 0 Å². The van der Waals surface area contributed by atoms with E-state index in [-0.39, 0.29) is 0 Å². The van der Waals surface area contributed by atoms with Crippen LogP contribution in [0.2, 0.25) is 0 Å². The summed E-state index contributed by atoms with van der Waals surface area (Å²) in [7, 11) is 2.09. The molecule has 0 saturated heterocycles. The summed E-state index contributed by atoms with van der Waals surface area (Å²) in [5.41, 5.74) is 1.51. The van der Waals surface area contributed by atoms with Crippen LogP contribution in [0.25, 0.3) is 10.8 Å². The van der Waals surface area contributed by atoms with Gasteiger partial charge < -0.3 is 10.6 Å². The fourth-order valence-corrected chi connectivity index (χ4v) is 4.04. The van der Waals surface area contributed by atoms with Crippen molar-refractivity contribution in [1.82, 2.24) is 10.6 Å².